The summed E-state index contributed by atoms with van der Waals surface area (Å²) in [6, 6.07) is 12.3. The highest BCUT2D eigenvalue weighted by Crippen LogP contribution is 2.32. The molecule has 1 saturated carbocycles. The van der Waals surface area contributed by atoms with Gasteiger partial charge in [-0.15, -0.1) is 0 Å². The van der Waals surface area contributed by atoms with E-state index in [4.69, 9.17) is 0 Å². The summed E-state index contributed by atoms with van der Waals surface area (Å²) in [5.41, 5.74) is 1.38. The minimum absolute atomic E-state index is 0.612. The van der Waals surface area contributed by atoms with Gasteiger partial charge in [0.25, 0.3) is 0 Å². The van der Waals surface area contributed by atoms with E-state index in [0.717, 1.165) is 12.0 Å². The van der Waals surface area contributed by atoms with Crippen molar-refractivity contribution in [1.29, 1.82) is 0 Å². The van der Waals surface area contributed by atoms with Crippen LogP contribution in [0.25, 0.3) is 0 Å². The summed E-state index contributed by atoms with van der Waals surface area (Å²) >= 11 is 0. The molecule has 1 N–H and O–H groups in total. The van der Waals surface area contributed by atoms with Gasteiger partial charge in [-0.25, -0.2) is 0 Å². The average molecular weight is 287 g/mol. The molecule has 3 nitrogen and oxygen atoms in total. The molecule has 1 heterocycles. The van der Waals surface area contributed by atoms with E-state index in [1.165, 1.54) is 51.3 Å². The quantitative estimate of drug-likeness (QED) is 0.898. The first-order chi connectivity index (χ1) is 10.2. The molecule has 2 fully saturated rings. The molecule has 0 bridgehead atoms. The fraction of sp³-hybridized carbons (Fsp3) is 0.667. The van der Waals surface area contributed by atoms with Crippen molar-refractivity contribution in [3.63, 3.8) is 0 Å². The van der Waals surface area contributed by atoms with E-state index in [-0.39, 0.29) is 0 Å². The zero-order valence-electron chi connectivity index (χ0n) is 13.5. The Morgan fingerprint density at radius 3 is 2.33 bits per heavy atom. The Balaban J connectivity index is 1.47. The van der Waals surface area contributed by atoms with Gasteiger partial charge in [0.1, 0.15) is 0 Å². The van der Waals surface area contributed by atoms with Crippen molar-refractivity contribution in [3.05, 3.63) is 30.3 Å². The lowest BCUT2D eigenvalue weighted by Gasteiger charge is -2.48. The minimum Gasteiger partial charge on any atom is -0.369 e. The number of hydrogen-bond donors (Lipinski definition) is 1. The first-order valence-electron chi connectivity index (χ1n) is 8.51. The van der Waals surface area contributed by atoms with E-state index in [1.54, 1.807) is 0 Å². The largest absolute Gasteiger partial charge is 0.369 e. The molecule has 1 saturated heterocycles. The van der Waals surface area contributed by atoms with E-state index in [1.807, 2.05) is 0 Å². The molecule has 1 aliphatic heterocycles. The van der Waals surface area contributed by atoms with Gasteiger partial charge in [0.05, 0.1) is 0 Å². The zero-order valence-corrected chi connectivity index (χ0v) is 13.5. The van der Waals surface area contributed by atoms with Crippen LogP contribution < -0.4 is 10.2 Å². The van der Waals surface area contributed by atoms with Gasteiger partial charge in [0.15, 0.2) is 0 Å². The average Bonchev–Trinajstić information content (AvgIpc) is 2.48. The molecule has 2 atom stereocenters. The Hall–Kier alpha value is -1.06. The van der Waals surface area contributed by atoms with Gasteiger partial charge < -0.3 is 10.2 Å². The van der Waals surface area contributed by atoms with Gasteiger partial charge in [-0.2, -0.15) is 0 Å². The lowest BCUT2D eigenvalue weighted by molar-refractivity contribution is 0.0562. The molecule has 0 radical (unpaired) electrons. The third-order valence-electron chi connectivity index (χ3n) is 5.07. The number of nitrogens with one attached hydrogen (secondary N) is 1. The maximum Gasteiger partial charge on any atom is 0.0367 e. The Morgan fingerprint density at radius 2 is 1.76 bits per heavy atom. The molecule has 3 heteroatoms. The second kappa shape index (κ2) is 6.80. The van der Waals surface area contributed by atoms with Gasteiger partial charge in [-0.05, 0) is 37.4 Å². The maximum atomic E-state index is 3.61. The monoisotopic (exact) mass is 287 g/mol. The van der Waals surface area contributed by atoms with Crippen LogP contribution in [0.1, 0.15) is 26.7 Å². The molecule has 1 aromatic carbocycles. The van der Waals surface area contributed by atoms with Crippen LogP contribution in [0.5, 0.6) is 0 Å². The number of piperazine rings is 1. The summed E-state index contributed by atoms with van der Waals surface area (Å²) in [6.07, 6.45) is 2.80. The molecule has 0 aromatic heterocycles. The molecule has 0 spiro atoms. The summed E-state index contributed by atoms with van der Waals surface area (Å²) in [5, 5.41) is 3.61. The number of para-hydroxylation sites is 1. The second-order valence-electron chi connectivity index (χ2n) is 6.83. The smallest absolute Gasteiger partial charge is 0.0367 e. The highest BCUT2D eigenvalue weighted by atomic mass is 15.3. The van der Waals surface area contributed by atoms with Gasteiger partial charge in [0, 0.05) is 44.0 Å². The highest BCUT2D eigenvalue weighted by Gasteiger charge is 2.36. The fourth-order valence-electron chi connectivity index (χ4n) is 3.61. The Kier molecular flexibility index (Phi) is 4.81. The van der Waals surface area contributed by atoms with Crippen molar-refractivity contribution in [3.8, 4) is 0 Å². The highest BCUT2D eigenvalue weighted by molar-refractivity contribution is 5.46. The molecular weight excluding hydrogens is 258 g/mol. The molecule has 2 unspecified atom stereocenters. The number of nitrogens with zero attached hydrogens (tertiary/aromatic N) is 2. The number of anilines is 1. The lowest BCUT2D eigenvalue weighted by Crippen LogP contribution is -2.57. The van der Waals surface area contributed by atoms with Gasteiger partial charge in [0.2, 0.25) is 0 Å². The predicted octanol–water partition coefficient (Wildman–Crippen LogP) is 2.59. The van der Waals surface area contributed by atoms with E-state index in [2.05, 4.69) is 59.3 Å². The summed E-state index contributed by atoms with van der Waals surface area (Å²) < 4.78 is 0. The Labute approximate surface area is 129 Å². The Bertz CT molecular complexity index is 423. The number of rotatable bonds is 5. The van der Waals surface area contributed by atoms with Gasteiger partial charge >= 0.3 is 0 Å². The van der Waals surface area contributed by atoms with Crippen LogP contribution in [-0.4, -0.2) is 49.7 Å². The summed E-state index contributed by atoms with van der Waals surface area (Å²) in [6.45, 7) is 10.5. The van der Waals surface area contributed by atoms with E-state index in [0.29, 0.717) is 6.04 Å². The molecule has 1 aliphatic carbocycles. The van der Waals surface area contributed by atoms with Crippen LogP contribution in [0.4, 0.5) is 5.69 Å². The van der Waals surface area contributed by atoms with Crippen LogP contribution in [0, 0.1) is 5.92 Å². The first-order valence-corrected chi connectivity index (χ1v) is 8.51. The van der Waals surface area contributed by atoms with Crippen LogP contribution in [0.3, 0.4) is 0 Å². The van der Waals surface area contributed by atoms with E-state index < -0.39 is 0 Å². The lowest BCUT2D eigenvalue weighted by atomic mass is 9.78. The van der Waals surface area contributed by atoms with Crippen molar-refractivity contribution >= 4 is 5.69 Å². The predicted molar refractivity (Wildman–Crippen MR) is 89.9 cm³/mol. The van der Waals surface area contributed by atoms with Crippen LogP contribution in [-0.2, 0) is 0 Å². The minimum atomic E-state index is 0.612. The SMILES string of the molecule is CC(C)NCC1CCC1N1CCN(c2ccccc2)CC1. The molecule has 21 heavy (non-hydrogen) atoms. The molecule has 116 valence electrons. The van der Waals surface area contributed by atoms with Crippen LogP contribution in [0.15, 0.2) is 30.3 Å². The summed E-state index contributed by atoms with van der Waals surface area (Å²) in [5.74, 6) is 0.871. The second-order valence-corrected chi connectivity index (χ2v) is 6.83. The summed E-state index contributed by atoms with van der Waals surface area (Å²) in [7, 11) is 0. The van der Waals surface area contributed by atoms with E-state index in [9.17, 15) is 0 Å². The topological polar surface area (TPSA) is 18.5 Å². The van der Waals surface area contributed by atoms with E-state index >= 15 is 0 Å². The van der Waals surface area contributed by atoms with Gasteiger partial charge in [-0.1, -0.05) is 32.0 Å². The van der Waals surface area contributed by atoms with Crippen molar-refractivity contribution in [2.45, 2.75) is 38.8 Å². The van der Waals surface area contributed by atoms with Crippen molar-refractivity contribution < 1.29 is 0 Å². The zero-order chi connectivity index (χ0) is 14.7. The van der Waals surface area contributed by atoms with Crippen LogP contribution in [0.2, 0.25) is 0 Å². The Morgan fingerprint density at radius 1 is 1.05 bits per heavy atom. The third kappa shape index (κ3) is 3.58. The van der Waals surface area contributed by atoms with Crippen molar-refractivity contribution in [2.24, 2.45) is 5.92 Å². The molecule has 0 amide bonds. The maximum absolute atomic E-state index is 3.61. The third-order valence-corrected chi connectivity index (χ3v) is 5.07. The van der Waals surface area contributed by atoms with Crippen molar-refractivity contribution in [1.82, 2.24) is 10.2 Å². The first kappa shape index (κ1) is 14.9. The van der Waals surface area contributed by atoms with Crippen LogP contribution >= 0.6 is 0 Å². The molecular formula is C18H29N3. The number of benzene rings is 1. The number of hydrogen-bond acceptors (Lipinski definition) is 3. The molecule has 3 rings (SSSR count). The fourth-order valence-corrected chi connectivity index (χ4v) is 3.61. The van der Waals surface area contributed by atoms with Crippen molar-refractivity contribution in [2.75, 3.05) is 37.6 Å². The molecule has 1 aromatic rings. The summed E-state index contributed by atoms with van der Waals surface area (Å²) in [4.78, 5) is 5.26. The normalized spacial score (nSPS) is 26.9. The van der Waals surface area contributed by atoms with Gasteiger partial charge in [-0.3, -0.25) is 4.90 Å². The standard InChI is InChI=1S/C18H29N3/c1-15(2)19-14-16-8-9-18(16)21-12-10-20(11-13-21)17-6-4-3-5-7-17/h3-7,15-16,18-19H,8-14H2,1-2H3. The molecule has 2 aliphatic rings.